The van der Waals surface area contributed by atoms with E-state index in [9.17, 15) is 9.18 Å². The van der Waals surface area contributed by atoms with Gasteiger partial charge in [-0.05, 0) is 48.5 Å². The standard InChI is InChI=1S/C23H18FN3O2S/c1-29-21-5-3-2-4-19(21)26-23-27-20(14-30-23)15-8-12-18(13-9-15)25-22(28)16-6-10-17(24)11-7-16/h2-14H,1H3,(H,25,28)(H,26,27). The average Bonchev–Trinajstić information content (AvgIpc) is 3.23. The third kappa shape index (κ3) is 4.47. The van der Waals surface area contributed by atoms with Crippen LogP contribution >= 0.6 is 11.3 Å². The van der Waals surface area contributed by atoms with E-state index in [-0.39, 0.29) is 11.7 Å². The summed E-state index contributed by atoms with van der Waals surface area (Å²) < 4.78 is 18.3. The van der Waals surface area contributed by atoms with Gasteiger partial charge in [-0.15, -0.1) is 11.3 Å². The van der Waals surface area contributed by atoms with Crippen molar-refractivity contribution in [3.63, 3.8) is 0 Å². The Kier molecular flexibility index (Phi) is 5.72. The molecule has 0 saturated carbocycles. The molecule has 0 aliphatic heterocycles. The molecule has 150 valence electrons. The van der Waals surface area contributed by atoms with E-state index in [0.717, 1.165) is 27.8 Å². The van der Waals surface area contributed by atoms with Gasteiger partial charge in [-0.25, -0.2) is 9.37 Å². The van der Waals surface area contributed by atoms with Crippen molar-refractivity contribution in [1.29, 1.82) is 0 Å². The maximum absolute atomic E-state index is 13.0. The van der Waals surface area contributed by atoms with Crippen molar-refractivity contribution in [2.24, 2.45) is 0 Å². The molecule has 2 N–H and O–H groups in total. The summed E-state index contributed by atoms with van der Waals surface area (Å²) in [7, 11) is 1.63. The molecule has 0 saturated heterocycles. The first kappa shape index (κ1) is 19.6. The molecule has 0 spiro atoms. The summed E-state index contributed by atoms with van der Waals surface area (Å²) in [6.07, 6.45) is 0. The van der Waals surface area contributed by atoms with Gasteiger partial charge in [0.1, 0.15) is 11.6 Å². The molecule has 0 atom stereocenters. The van der Waals surface area contributed by atoms with Gasteiger partial charge in [0.05, 0.1) is 18.5 Å². The Labute approximate surface area is 177 Å². The molecule has 0 aliphatic carbocycles. The predicted molar refractivity (Wildman–Crippen MR) is 118 cm³/mol. The lowest BCUT2D eigenvalue weighted by Crippen LogP contribution is -2.11. The number of nitrogens with one attached hydrogen (secondary N) is 2. The van der Waals surface area contributed by atoms with E-state index in [1.54, 1.807) is 7.11 Å². The Balaban J connectivity index is 1.44. The van der Waals surface area contributed by atoms with E-state index in [2.05, 4.69) is 15.6 Å². The summed E-state index contributed by atoms with van der Waals surface area (Å²) in [5.41, 5.74) is 3.65. The second-order valence-electron chi connectivity index (χ2n) is 6.40. The maximum atomic E-state index is 13.0. The van der Waals surface area contributed by atoms with Crippen molar-refractivity contribution in [3.8, 4) is 17.0 Å². The number of benzene rings is 3. The summed E-state index contributed by atoms with van der Waals surface area (Å²) in [6, 6.07) is 20.5. The number of rotatable bonds is 6. The number of para-hydroxylation sites is 2. The lowest BCUT2D eigenvalue weighted by atomic mass is 10.1. The van der Waals surface area contributed by atoms with Gasteiger partial charge < -0.3 is 15.4 Å². The monoisotopic (exact) mass is 419 g/mol. The number of anilines is 3. The Morgan fingerprint density at radius 2 is 1.73 bits per heavy atom. The number of carbonyl (C=O) groups is 1. The van der Waals surface area contributed by atoms with Crippen LogP contribution < -0.4 is 15.4 Å². The van der Waals surface area contributed by atoms with E-state index in [0.29, 0.717) is 11.3 Å². The van der Waals surface area contributed by atoms with Gasteiger partial charge in [0.25, 0.3) is 5.91 Å². The second kappa shape index (κ2) is 8.75. The summed E-state index contributed by atoms with van der Waals surface area (Å²) in [5, 5.41) is 8.79. The number of halogens is 1. The van der Waals surface area contributed by atoms with Crippen LogP contribution in [0.25, 0.3) is 11.3 Å². The fraction of sp³-hybridized carbons (Fsp3) is 0.0435. The topological polar surface area (TPSA) is 63.2 Å². The highest BCUT2D eigenvalue weighted by molar-refractivity contribution is 7.14. The zero-order valence-electron chi connectivity index (χ0n) is 16.1. The van der Waals surface area contributed by atoms with Gasteiger partial charge in [0.15, 0.2) is 5.13 Å². The van der Waals surface area contributed by atoms with E-state index in [1.165, 1.54) is 35.6 Å². The minimum Gasteiger partial charge on any atom is -0.495 e. The summed E-state index contributed by atoms with van der Waals surface area (Å²) in [6.45, 7) is 0. The molecule has 3 aromatic carbocycles. The number of hydrogen-bond acceptors (Lipinski definition) is 5. The molecule has 30 heavy (non-hydrogen) atoms. The van der Waals surface area contributed by atoms with Gasteiger partial charge in [-0.3, -0.25) is 4.79 Å². The van der Waals surface area contributed by atoms with Crippen LogP contribution in [0.5, 0.6) is 5.75 Å². The summed E-state index contributed by atoms with van der Waals surface area (Å²) >= 11 is 1.49. The first-order chi connectivity index (χ1) is 14.6. The first-order valence-corrected chi connectivity index (χ1v) is 10.0. The van der Waals surface area contributed by atoms with E-state index in [1.807, 2.05) is 53.9 Å². The molecule has 4 aromatic rings. The summed E-state index contributed by atoms with van der Waals surface area (Å²) in [5.74, 6) is 0.0777. The van der Waals surface area contributed by atoms with Gasteiger partial charge >= 0.3 is 0 Å². The van der Waals surface area contributed by atoms with Crippen LogP contribution in [0.15, 0.2) is 78.2 Å². The number of carbonyl (C=O) groups excluding carboxylic acids is 1. The zero-order chi connectivity index (χ0) is 20.9. The lowest BCUT2D eigenvalue weighted by Gasteiger charge is -2.08. The minimum absolute atomic E-state index is 0.292. The first-order valence-electron chi connectivity index (χ1n) is 9.15. The number of hydrogen-bond donors (Lipinski definition) is 2. The van der Waals surface area contributed by atoms with E-state index < -0.39 is 0 Å². The number of thiazole rings is 1. The molecule has 0 fully saturated rings. The third-order valence-corrected chi connectivity index (χ3v) is 5.16. The van der Waals surface area contributed by atoms with Crippen LogP contribution in [-0.4, -0.2) is 18.0 Å². The van der Waals surface area contributed by atoms with Crippen molar-refractivity contribution in [2.45, 2.75) is 0 Å². The molecule has 1 amide bonds. The fourth-order valence-electron chi connectivity index (χ4n) is 2.86. The number of aromatic nitrogens is 1. The number of methoxy groups -OCH3 is 1. The SMILES string of the molecule is COc1ccccc1Nc1nc(-c2ccc(NC(=O)c3ccc(F)cc3)cc2)cs1. The van der Waals surface area contributed by atoms with Crippen LogP contribution in [0, 0.1) is 5.82 Å². The Morgan fingerprint density at radius 1 is 1.00 bits per heavy atom. The van der Waals surface area contributed by atoms with E-state index in [4.69, 9.17) is 4.74 Å². The van der Waals surface area contributed by atoms with Gasteiger partial charge in [-0.2, -0.15) is 0 Å². The molecule has 7 heteroatoms. The van der Waals surface area contributed by atoms with Crippen LogP contribution in [0.2, 0.25) is 0 Å². The van der Waals surface area contributed by atoms with Crippen molar-refractivity contribution in [2.75, 3.05) is 17.7 Å². The van der Waals surface area contributed by atoms with Crippen LogP contribution in [0.1, 0.15) is 10.4 Å². The molecule has 0 unspecified atom stereocenters. The van der Waals surface area contributed by atoms with Gasteiger partial charge in [0, 0.05) is 22.2 Å². The fourth-order valence-corrected chi connectivity index (χ4v) is 3.59. The zero-order valence-corrected chi connectivity index (χ0v) is 16.9. The van der Waals surface area contributed by atoms with Crippen molar-refractivity contribution in [1.82, 2.24) is 4.98 Å². The normalized spacial score (nSPS) is 10.5. The minimum atomic E-state index is -0.376. The van der Waals surface area contributed by atoms with Crippen molar-refractivity contribution < 1.29 is 13.9 Å². The van der Waals surface area contributed by atoms with Crippen LogP contribution in [-0.2, 0) is 0 Å². The molecular weight excluding hydrogens is 401 g/mol. The quantitative estimate of drug-likeness (QED) is 0.405. The molecule has 1 aromatic heterocycles. The predicted octanol–water partition coefficient (Wildman–Crippen LogP) is 5.95. The number of ether oxygens (including phenoxy) is 1. The molecule has 5 nitrogen and oxygen atoms in total. The van der Waals surface area contributed by atoms with Crippen LogP contribution in [0.4, 0.5) is 20.9 Å². The third-order valence-electron chi connectivity index (χ3n) is 4.40. The highest BCUT2D eigenvalue weighted by Crippen LogP contribution is 2.31. The van der Waals surface area contributed by atoms with E-state index >= 15 is 0 Å². The molecule has 4 rings (SSSR count). The highest BCUT2D eigenvalue weighted by atomic mass is 32.1. The largest absolute Gasteiger partial charge is 0.495 e. The Bertz CT molecular complexity index is 1160. The molecule has 1 heterocycles. The molecular formula is C23H18FN3O2S. The molecule has 0 aliphatic rings. The number of nitrogens with zero attached hydrogens (tertiary/aromatic N) is 1. The second-order valence-corrected chi connectivity index (χ2v) is 7.26. The van der Waals surface area contributed by atoms with Gasteiger partial charge in [0.2, 0.25) is 0 Å². The maximum Gasteiger partial charge on any atom is 0.255 e. The highest BCUT2D eigenvalue weighted by Gasteiger charge is 2.09. The molecule has 0 radical (unpaired) electrons. The number of amides is 1. The summed E-state index contributed by atoms with van der Waals surface area (Å²) in [4.78, 5) is 16.9. The lowest BCUT2D eigenvalue weighted by molar-refractivity contribution is 0.102. The van der Waals surface area contributed by atoms with Crippen molar-refractivity contribution in [3.05, 3.63) is 89.6 Å². The van der Waals surface area contributed by atoms with Gasteiger partial charge in [-0.1, -0.05) is 24.3 Å². The molecule has 0 bridgehead atoms. The van der Waals surface area contributed by atoms with Crippen LogP contribution in [0.3, 0.4) is 0 Å². The average molecular weight is 419 g/mol. The smallest absolute Gasteiger partial charge is 0.255 e. The van der Waals surface area contributed by atoms with Crippen molar-refractivity contribution >= 4 is 33.8 Å². The Morgan fingerprint density at radius 3 is 2.47 bits per heavy atom. The Hall–Kier alpha value is -3.71.